The summed E-state index contributed by atoms with van der Waals surface area (Å²) in [6, 6.07) is 8.25. The molecule has 2 heterocycles. The molecule has 0 radical (unpaired) electrons. The van der Waals surface area contributed by atoms with Crippen LogP contribution in [0.1, 0.15) is 38.1 Å². The van der Waals surface area contributed by atoms with Gasteiger partial charge in [-0.05, 0) is 18.1 Å². The van der Waals surface area contributed by atoms with Crippen molar-refractivity contribution in [1.29, 1.82) is 0 Å². The highest BCUT2D eigenvalue weighted by Gasteiger charge is 2.11. The van der Waals surface area contributed by atoms with Gasteiger partial charge in [0.25, 0.3) is 0 Å². The van der Waals surface area contributed by atoms with E-state index in [0.717, 1.165) is 28.5 Å². The first-order valence-electron chi connectivity index (χ1n) is 6.96. The van der Waals surface area contributed by atoms with Crippen molar-refractivity contribution in [2.75, 3.05) is 5.73 Å². The lowest BCUT2D eigenvalue weighted by Gasteiger charge is -2.09. The van der Waals surface area contributed by atoms with Gasteiger partial charge in [0.15, 0.2) is 5.65 Å². The van der Waals surface area contributed by atoms with E-state index < -0.39 is 0 Å². The topological polar surface area (TPSA) is 64.7 Å². The zero-order chi connectivity index (χ0) is 14.3. The van der Waals surface area contributed by atoms with E-state index in [2.05, 4.69) is 42.9 Å². The zero-order valence-electron chi connectivity index (χ0n) is 12.0. The van der Waals surface area contributed by atoms with Gasteiger partial charge in [-0.25, -0.2) is 15.0 Å². The molecule has 102 valence electrons. The highest BCUT2D eigenvalue weighted by molar-refractivity contribution is 5.96. The van der Waals surface area contributed by atoms with Gasteiger partial charge >= 0.3 is 0 Å². The summed E-state index contributed by atoms with van der Waals surface area (Å²) in [4.78, 5) is 13.7. The van der Waals surface area contributed by atoms with Crippen molar-refractivity contribution in [2.45, 2.75) is 33.1 Å². The van der Waals surface area contributed by atoms with Gasteiger partial charge in [-0.1, -0.05) is 39.0 Å². The second-order valence-corrected chi connectivity index (χ2v) is 5.32. The lowest BCUT2D eigenvalue weighted by Crippen LogP contribution is -2.04. The standard InChI is InChI=1S/C16H18N4/c1-4-10-6-5-7-11-8-12-14(17)19-15(9(2)3)20-16(12)18-13(10)11/h5-9H,4H2,1-3H3,(H2,17,18,19,20). The van der Waals surface area contributed by atoms with Crippen LogP contribution >= 0.6 is 0 Å². The maximum atomic E-state index is 6.07. The van der Waals surface area contributed by atoms with Gasteiger partial charge in [-0.15, -0.1) is 0 Å². The van der Waals surface area contributed by atoms with Crippen molar-refractivity contribution in [3.05, 3.63) is 35.7 Å². The molecule has 0 fully saturated rings. The number of hydrogen-bond acceptors (Lipinski definition) is 4. The van der Waals surface area contributed by atoms with Gasteiger partial charge in [0.05, 0.1) is 10.9 Å². The predicted molar refractivity (Wildman–Crippen MR) is 82.7 cm³/mol. The molecule has 0 spiro atoms. The fourth-order valence-electron chi connectivity index (χ4n) is 2.38. The summed E-state index contributed by atoms with van der Waals surface area (Å²) >= 11 is 0. The monoisotopic (exact) mass is 266 g/mol. The second-order valence-electron chi connectivity index (χ2n) is 5.32. The summed E-state index contributed by atoms with van der Waals surface area (Å²) in [5, 5.41) is 1.92. The fourth-order valence-corrected chi connectivity index (χ4v) is 2.38. The number of fused-ring (bicyclic) bond motifs is 2. The second kappa shape index (κ2) is 4.71. The number of pyridine rings is 1. The number of nitrogen functional groups attached to an aromatic ring is 1. The van der Waals surface area contributed by atoms with E-state index in [1.807, 2.05) is 12.1 Å². The molecule has 2 N–H and O–H groups in total. The van der Waals surface area contributed by atoms with Gasteiger partial charge in [0, 0.05) is 11.3 Å². The van der Waals surface area contributed by atoms with E-state index in [1.165, 1.54) is 5.56 Å². The fraction of sp³-hybridized carbons (Fsp3) is 0.312. The number of anilines is 1. The minimum Gasteiger partial charge on any atom is -0.383 e. The maximum absolute atomic E-state index is 6.07. The molecular weight excluding hydrogens is 248 g/mol. The van der Waals surface area contributed by atoms with Crippen LogP contribution in [0.2, 0.25) is 0 Å². The van der Waals surface area contributed by atoms with E-state index in [4.69, 9.17) is 10.7 Å². The van der Waals surface area contributed by atoms with Crippen LogP contribution in [-0.4, -0.2) is 15.0 Å². The van der Waals surface area contributed by atoms with E-state index >= 15 is 0 Å². The van der Waals surface area contributed by atoms with Crippen molar-refractivity contribution in [2.24, 2.45) is 0 Å². The van der Waals surface area contributed by atoms with Gasteiger partial charge in [0.1, 0.15) is 11.6 Å². The molecular formula is C16H18N4. The number of aryl methyl sites for hydroxylation is 1. The summed E-state index contributed by atoms with van der Waals surface area (Å²) in [6.45, 7) is 6.24. The number of nitrogens with two attached hydrogens (primary N) is 1. The summed E-state index contributed by atoms with van der Waals surface area (Å²) in [5.41, 5.74) is 8.99. The molecule has 0 saturated heterocycles. The molecule has 3 aromatic rings. The Bertz CT molecular complexity index is 793. The minimum absolute atomic E-state index is 0.237. The molecule has 0 aliphatic rings. The number of aromatic nitrogens is 3. The van der Waals surface area contributed by atoms with Crippen molar-refractivity contribution >= 4 is 27.8 Å². The number of nitrogens with zero attached hydrogens (tertiary/aromatic N) is 3. The Kier molecular flexibility index (Phi) is 3.01. The number of benzene rings is 1. The third-order valence-corrected chi connectivity index (χ3v) is 3.54. The Balaban J connectivity index is 2.39. The Hall–Kier alpha value is -2.23. The minimum atomic E-state index is 0.237. The lowest BCUT2D eigenvalue weighted by atomic mass is 10.1. The average Bonchev–Trinajstić information content (AvgIpc) is 2.44. The number of hydrogen-bond donors (Lipinski definition) is 1. The normalized spacial score (nSPS) is 11.6. The van der Waals surface area contributed by atoms with Crippen LogP contribution in [0.15, 0.2) is 24.3 Å². The largest absolute Gasteiger partial charge is 0.383 e. The van der Waals surface area contributed by atoms with Crippen LogP contribution in [0.25, 0.3) is 21.9 Å². The van der Waals surface area contributed by atoms with E-state index in [1.54, 1.807) is 0 Å². The number of rotatable bonds is 2. The van der Waals surface area contributed by atoms with E-state index in [9.17, 15) is 0 Å². The molecule has 3 rings (SSSR count). The lowest BCUT2D eigenvalue weighted by molar-refractivity contribution is 0.783. The van der Waals surface area contributed by atoms with Crippen LogP contribution < -0.4 is 5.73 Å². The third-order valence-electron chi connectivity index (χ3n) is 3.54. The molecule has 1 aromatic carbocycles. The summed E-state index contributed by atoms with van der Waals surface area (Å²) in [7, 11) is 0. The highest BCUT2D eigenvalue weighted by atomic mass is 15.0. The first-order valence-corrected chi connectivity index (χ1v) is 6.96. The van der Waals surface area contributed by atoms with Crippen LogP contribution in [0, 0.1) is 0 Å². The van der Waals surface area contributed by atoms with Crippen LogP contribution in [-0.2, 0) is 6.42 Å². The number of para-hydroxylation sites is 1. The zero-order valence-corrected chi connectivity index (χ0v) is 12.0. The summed E-state index contributed by atoms with van der Waals surface area (Å²) < 4.78 is 0. The molecule has 4 nitrogen and oxygen atoms in total. The summed E-state index contributed by atoms with van der Waals surface area (Å²) in [5.74, 6) is 1.49. The first kappa shape index (κ1) is 12.8. The molecule has 0 aliphatic carbocycles. The van der Waals surface area contributed by atoms with E-state index in [0.29, 0.717) is 11.5 Å². The molecule has 0 atom stereocenters. The third kappa shape index (κ3) is 1.97. The van der Waals surface area contributed by atoms with E-state index in [-0.39, 0.29) is 5.92 Å². The first-order chi connectivity index (χ1) is 9.60. The Morgan fingerprint density at radius 1 is 1.15 bits per heavy atom. The van der Waals surface area contributed by atoms with Crippen molar-refractivity contribution in [1.82, 2.24) is 15.0 Å². The van der Waals surface area contributed by atoms with Gasteiger partial charge in [-0.3, -0.25) is 0 Å². The molecule has 2 aromatic heterocycles. The molecule has 0 bridgehead atoms. The van der Waals surface area contributed by atoms with Crippen LogP contribution in [0.3, 0.4) is 0 Å². The van der Waals surface area contributed by atoms with Gasteiger partial charge in [-0.2, -0.15) is 0 Å². The highest BCUT2D eigenvalue weighted by Crippen LogP contribution is 2.25. The average molecular weight is 266 g/mol. The van der Waals surface area contributed by atoms with Crippen molar-refractivity contribution in [3.63, 3.8) is 0 Å². The molecule has 4 heteroatoms. The molecule has 0 unspecified atom stereocenters. The van der Waals surface area contributed by atoms with Gasteiger partial charge in [0.2, 0.25) is 0 Å². The van der Waals surface area contributed by atoms with Crippen LogP contribution in [0.4, 0.5) is 5.82 Å². The predicted octanol–water partition coefficient (Wildman–Crippen LogP) is 3.45. The van der Waals surface area contributed by atoms with Crippen molar-refractivity contribution < 1.29 is 0 Å². The molecule has 0 aliphatic heterocycles. The molecule has 20 heavy (non-hydrogen) atoms. The quantitative estimate of drug-likeness (QED) is 0.721. The van der Waals surface area contributed by atoms with Crippen molar-refractivity contribution in [3.8, 4) is 0 Å². The Labute approximate surface area is 118 Å². The van der Waals surface area contributed by atoms with Gasteiger partial charge < -0.3 is 5.73 Å². The maximum Gasteiger partial charge on any atom is 0.165 e. The molecule has 0 amide bonds. The van der Waals surface area contributed by atoms with Crippen LogP contribution in [0.5, 0.6) is 0 Å². The Morgan fingerprint density at radius 2 is 1.95 bits per heavy atom. The molecule has 0 saturated carbocycles. The Morgan fingerprint density at radius 3 is 2.65 bits per heavy atom. The smallest absolute Gasteiger partial charge is 0.165 e. The summed E-state index contributed by atoms with van der Waals surface area (Å²) in [6.07, 6.45) is 0.952. The SMILES string of the molecule is CCc1cccc2cc3c(N)nc(C(C)C)nc3nc12.